The van der Waals surface area contributed by atoms with E-state index in [-0.39, 0.29) is 0 Å². The zero-order chi connectivity index (χ0) is 23.2. The van der Waals surface area contributed by atoms with E-state index in [1.54, 1.807) is 23.9 Å². The first-order valence-electron chi connectivity index (χ1n) is 10.2. The van der Waals surface area contributed by atoms with E-state index in [9.17, 15) is 13.2 Å². The zero-order valence-corrected chi connectivity index (χ0v) is 20.6. The summed E-state index contributed by atoms with van der Waals surface area (Å²) in [5.41, 5.74) is 2.10. The van der Waals surface area contributed by atoms with E-state index in [1.807, 2.05) is 37.6 Å². The van der Waals surface area contributed by atoms with Crippen molar-refractivity contribution in [2.75, 3.05) is 17.5 Å². The Hall–Kier alpha value is -2.20. The molecule has 2 N–H and O–H groups in total. The van der Waals surface area contributed by atoms with Crippen LogP contribution in [0.3, 0.4) is 0 Å². The molecule has 31 heavy (non-hydrogen) atoms. The number of carbonyl (C=O) groups excluding carboxylic acids is 1. The third-order valence-electron chi connectivity index (χ3n) is 4.12. The Bertz CT molecular complexity index is 994. The maximum Gasteiger partial charge on any atom is 0.407 e. The second-order valence-electron chi connectivity index (χ2n) is 8.08. The molecule has 2 aromatic rings. The molecule has 0 aliphatic carbocycles. The first-order chi connectivity index (χ1) is 14.4. The SMILES string of the molecule is CCc1nn(CCNC(=O)OC(C)(C)C)c(CC)c1Sc1ccc(NS(C)(=O)=O)cc1. The van der Waals surface area contributed by atoms with Crippen LogP contribution in [0.15, 0.2) is 34.1 Å². The topological polar surface area (TPSA) is 102 Å². The van der Waals surface area contributed by atoms with Gasteiger partial charge < -0.3 is 10.1 Å². The van der Waals surface area contributed by atoms with Crippen LogP contribution >= 0.6 is 11.8 Å². The van der Waals surface area contributed by atoms with E-state index < -0.39 is 21.7 Å². The van der Waals surface area contributed by atoms with Crippen molar-refractivity contribution in [3.8, 4) is 0 Å². The highest BCUT2D eigenvalue weighted by atomic mass is 32.2. The number of nitrogens with zero attached hydrogens (tertiary/aromatic N) is 2. The van der Waals surface area contributed by atoms with Gasteiger partial charge in [-0.15, -0.1) is 0 Å². The molecule has 1 aromatic carbocycles. The Kier molecular flexibility index (Phi) is 8.41. The van der Waals surface area contributed by atoms with Gasteiger partial charge in [0.15, 0.2) is 0 Å². The van der Waals surface area contributed by atoms with Gasteiger partial charge in [0.25, 0.3) is 0 Å². The Morgan fingerprint density at radius 2 is 1.81 bits per heavy atom. The highest BCUT2D eigenvalue weighted by Gasteiger charge is 2.18. The monoisotopic (exact) mass is 468 g/mol. The lowest BCUT2D eigenvalue weighted by Crippen LogP contribution is -2.34. The summed E-state index contributed by atoms with van der Waals surface area (Å²) in [6.45, 7) is 10.6. The lowest BCUT2D eigenvalue weighted by molar-refractivity contribution is 0.0525. The quantitative estimate of drug-likeness (QED) is 0.575. The normalized spacial score (nSPS) is 11.9. The molecule has 0 bridgehead atoms. The van der Waals surface area contributed by atoms with Crippen LogP contribution in [-0.4, -0.2) is 42.7 Å². The lowest BCUT2D eigenvalue weighted by Gasteiger charge is -2.19. The van der Waals surface area contributed by atoms with Gasteiger partial charge in [0.2, 0.25) is 10.0 Å². The summed E-state index contributed by atoms with van der Waals surface area (Å²) >= 11 is 1.61. The van der Waals surface area contributed by atoms with Crippen LogP contribution in [0.25, 0.3) is 0 Å². The summed E-state index contributed by atoms with van der Waals surface area (Å²) in [4.78, 5) is 14.0. The number of alkyl carbamates (subject to hydrolysis) is 1. The minimum Gasteiger partial charge on any atom is -0.444 e. The van der Waals surface area contributed by atoms with E-state index in [4.69, 9.17) is 9.84 Å². The molecule has 0 fully saturated rings. The molecular formula is C21H32N4O4S2. The molecule has 0 unspecified atom stereocenters. The third-order valence-corrected chi connectivity index (χ3v) is 5.91. The molecular weight excluding hydrogens is 436 g/mol. The van der Waals surface area contributed by atoms with Gasteiger partial charge in [-0.25, -0.2) is 13.2 Å². The van der Waals surface area contributed by atoms with Crippen molar-refractivity contribution in [2.45, 2.75) is 69.4 Å². The average Bonchev–Trinajstić information content (AvgIpc) is 2.97. The van der Waals surface area contributed by atoms with Crippen LogP contribution in [-0.2, 0) is 34.1 Å². The first-order valence-corrected chi connectivity index (χ1v) is 12.9. The number of anilines is 1. The van der Waals surface area contributed by atoms with Crippen molar-refractivity contribution in [1.82, 2.24) is 15.1 Å². The summed E-state index contributed by atoms with van der Waals surface area (Å²) < 4.78 is 32.4. The predicted octanol–water partition coefficient (Wildman–Crippen LogP) is 4.06. The van der Waals surface area contributed by atoms with Crippen molar-refractivity contribution in [3.05, 3.63) is 35.7 Å². The fraction of sp³-hybridized carbons (Fsp3) is 0.524. The van der Waals surface area contributed by atoms with Gasteiger partial charge in [0.05, 0.1) is 29.1 Å². The second-order valence-corrected chi connectivity index (χ2v) is 10.9. The van der Waals surface area contributed by atoms with Gasteiger partial charge in [-0.2, -0.15) is 5.10 Å². The molecule has 0 atom stereocenters. The number of rotatable bonds is 9. The zero-order valence-electron chi connectivity index (χ0n) is 19.0. The summed E-state index contributed by atoms with van der Waals surface area (Å²) in [6.07, 6.45) is 2.28. The molecule has 10 heteroatoms. The van der Waals surface area contributed by atoms with E-state index in [1.165, 1.54) is 0 Å². The minimum atomic E-state index is -3.30. The summed E-state index contributed by atoms with van der Waals surface area (Å²) in [5.74, 6) is 0. The van der Waals surface area contributed by atoms with Crippen molar-refractivity contribution in [2.24, 2.45) is 0 Å². The van der Waals surface area contributed by atoms with Crippen LogP contribution in [0.5, 0.6) is 0 Å². The summed E-state index contributed by atoms with van der Waals surface area (Å²) in [5, 5.41) is 7.52. The predicted molar refractivity (Wildman–Crippen MR) is 124 cm³/mol. The second kappa shape index (κ2) is 10.4. The number of hydrogen-bond acceptors (Lipinski definition) is 6. The van der Waals surface area contributed by atoms with Crippen molar-refractivity contribution in [3.63, 3.8) is 0 Å². The van der Waals surface area contributed by atoms with Crippen LogP contribution in [0.4, 0.5) is 10.5 Å². The number of benzene rings is 1. The molecule has 2 rings (SSSR count). The number of aryl methyl sites for hydroxylation is 1. The van der Waals surface area contributed by atoms with E-state index in [0.29, 0.717) is 18.8 Å². The van der Waals surface area contributed by atoms with Gasteiger partial charge in [-0.1, -0.05) is 25.6 Å². The van der Waals surface area contributed by atoms with Crippen molar-refractivity contribution < 1.29 is 17.9 Å². The highest BCUT2D eigenvalue weighted by Crippen LogP contribution is 2.34. The third kappa shape index (κ3) is 8.10. The van der Waals surface area contributed by atoms with Gasteiger partial charge in [0.1, 0.15) is 5.60 Å². The molecule has 0 saturated carbocycles. The summed E-state index contributed by atoms with van der Waals surface area (Å²) in [7, 11) is -3.30. The Labute approximate surface area is 189 Å². The van der Waals surface area contributed by atoms with Gasteiger partial charge >= 0.3 is 6.09 Å². The maximum absolute atomic E-state index is 11.9. The molecule has 1 amide bonds. The Morgan fingerprint density at radius 3 is 2.32 bits per heavy atom. The molecule has 0 saturated heterocycles. The van der Waals surface area contributed by atoms with Crippen molar-refractivity contribution >= 4 is 33.6 Å². The van der Waals surface area contributed by atoms with Gasteiger partial charge in [-0.05, 0) is 57.9 Å². The van der Waals surface area contributed by atoms with E-state index in [2.05, 4.69) is 23.9 Å². The largest absolute Gasteiger partial charge is 0.444 e. The Balaban J connectivity index is 2.12. The molecule has 172 valence electrons. The lowest BCUT2D eigenvalue weighted by atomic mass is 10.2. The molecule has 8 nitrogen and oxygen atoms in total. The molecule has 0 radical (unpaired) electrons. The standard InChI is InChI=1S/C21H32N4O4S2/c1-7-17-19(30-16-11-9-15(10-12-16)24-31(6,27)28)18(8-2)25(23-17)14-13-22-20(26)29-21(3,4)5/h9-12,24H,7-8,13-14H2,1-6H3,(H,22,26). The van der Waals surface area contributed by atoms with E-state index in [0.717, 1.165) is 40.3 Å². The molecule has 0 aliphatic heterocycles. The molecule has 1 aromatic heterocycles. The molecule has 0 spiro atoms. The van der Waals surface area contributed by atoms with Crippen LogP contribution in [0, 0.1) is 0 Å². The Morgan fingerprint density at radius 1 is 1.16 bits per heavy atom. The maximum atomic E-state index is 11.9. The van der Waals surface area contributed by atoms with Crippen molar-refractivity contribution in [1.29, 1.82) is 0 Å². The smallest absolute Gasteiger partial charge is 0.407 e. The number of nitrogens with one attached hydrogen (secondary N) is 2. The number of carbonyl (C=O) groups is 1. The number of sulfonamides is 1. The average molecular weight is 469 g/mol. The number of aromatic nitrogens is 2. The summed E-state index contributed by atoms with van der Waals surface area (Å²) in [6, 6.07) is 7.27. The van der Waals surface area contributed by atoms with Gasteiger partial charge in [0, 0.05) is 17.1 Å². The fourth-order valence-corrected chi connectivity index (χ4v) is 4.66. The number of hydrogen-bond donors (Lipinski definition) is 2. The van der Waals surface area contributed by atoms with Crippen LogP contribution in [0.2, 0.25) is 0 Å². The first kappa shape index (κ1) is 25.1. The van der Waals surface area contributed by atoms with Crippen LogP contribution < -0.4 is 10.0 Å². The van der Waals surface area contributed by atoms with Gasteiger partial charge in [-0.3, -0.25) is 9.40 Å². The number of amides is 1. The number of ether oxygens (including phenoxy) is 1. The highest BCUT2D eigenvalue weighted by molar-refractivity contribution is 7.99. The molecule has 1 heterocycles. The van der Waals surface area contributed by atoms with E-state index >= 15 is 0 Å². The fourth-order valence-electron chi connectivity index (χ4n) is 2.91. The minimum absolute atomic E-state index is 0.419. The molecule has 0 aliphatic rings. The van der Waals surface area contributed by atoms with Crippen LogP contribution in [0.1, 0.15) is 46.0 Å².